The lowest BCUT2D eigenvalue weighted by molar-refractivity contribution is -0.0163. The van der Waals surface area contributed by atoms with E-state index in [-0.39, 0.29) is 18.1 Å². The summed E-state index contributed by atoms with van der Waals surface area (Å²) in [6.07, 6.45) is 8.87. The largest absolute Gasteiger partial charge is 0.368 e. The van der Waals surface area contributed by atoms with Crippen molar-refractivity contribution in [2.45, 2.75) is 57.7 Å². The summed E-state index contributed by atoms with van der Waals surface area (Å²) in [6, 6.07) is 6.08. The van der Waals surface area contributed by atoms with Crippen LogP contribution in [-0.4, -0.2) is 28.1 Å². The lowest BCUT2D eigenvalue weighted by Crippen LogP contribution is -2.43. The fourth-order valence-electron chi connectivity index (χ4n) is 3.99. The Hall–Kier alpha value is -2.14. The molecule has 0 saturated carbocycles. The van der Waals surface area contributed by atoms with E-state index in [2.05, 4.69) is 33.9 Å². The van der Waals surface area contributed by atoms with Crippen molar-refractivity contribution in [1.82, 2.24) is 14.9 Å². The molecule has 1 aromatic heterocycles. The number of carbonyl (C=O) groups is 1. The number of carbonyl (C=O) groups excluding carboxylic acids is 1. The van der Waals surface area contributed by atoms with E-state index in [1.165, 1.54) is 17.5 Å². The first-order valence-electron chi connectivity index (χ1n) is 9.31. The monoisotopic (exact) mass is 339 g/mol. The molecular formula is C20H25N3O2. The van der Waals surface area contributed by atoms with Crippen LogP contribution in [-0.2, 0) is 24.1 Å². The molecule has 1 aliphatic heterocycles. The highest BCUT2D eigenvalue weighted by Crippen LogP contribution is 2.28. The molecule has 5 nitrogen and oxygen atoms in total. The Labute approximate surface area is 148 Å². The molecule has 1 aromatic carbocycles. The zero-order valence-corrected chi connectivity index (χ0v) is 14.7. The molecule has 0 unspecified atom stereocenters. The lowest BCUT2D eigenvalue weighted by atomic mass is 10.00. The summed E-state index contributed by atoms with van der Waals surface area (Å²) in [5, 5.41) is 3.20. The number of benzene rings is 1. The summed E-state index contributed by atoms with van der Waals surface area (Å²) in [7, 11) is 0. The van der Waals surface area contributed by atoms with E-state index in [0.29, 0.717) is 6.61 Å². The van der Waals surface area contributed by atoms with E-state index in [4.69, 9.17) is 4.74 Å². The molecule has 1 aliphatic carbocycles. The minimum Gasteiger partial charge on any atom is -0.368 e. The van der Waals surface area contributed by atoms with Crippen LogP contribution in [0.15, 0.2) is 30.6 Å². The maximum atomic E-state index is 12.8. The van der Waals surface area contributed by atoms with Gasteiger partial charge in [0.05, 0.1) is 6.04 Å². The van der Waals surface area contributed by atoms with Gasteiger partial charge in [0, 0.05) is 31.1 Å². The van der Waals surface area contributed by atoms with Crippen LogP contribution >= 0.6 is 0 Å². The van der Waals surface area contributed by atoms with Gasteiger partial charge < -0.3 is 14.6 Å². The second-order valence-electron chi connectivity index (χ2n) is 6.92. The second-order valence-corrected chi connectivity index (χ2v) is 6.92. The van der Waals surface area contributed by atoms with Crippen molar-refractivity contribution >= 4 is 5.91 Å². The van der Waals surface area contributed by atoms with Gasteiger partial charge in [-0.05, 0) is 62.3 Å². The van der Waals surface area contributed by atoms with Crippen LogP contribution in [0.2, 0.25) is 0 Å². The maximum absolute atomic E-state index is 12.8. The number of nitrogens with one attached hydrogen (secondary N) is 1. The fraction of sp³-hybridized carbons (Fsp3) is 0.500. The molecule has 0 spiro atoms. The zero-order chi connectivity index (χ0) is 17.2. The predicted octanol–water partition coefficient (Wildman–Crippen LogP) is 3.04. The van der Waals surface area contributed by atoms with E-state index >= 15 is 0 Å². The Kier molecular flexibility index (Phi) is 4.57. The van der Waals surface area contributed by atoms with Crippen molar-refractivity contribution in [3.63, 3.8) is 0 Å². The first kappa shape index (κ1) is 16.3. The predicted molar refractivity (Wildman–Crippen MR) is 95.5 cm³/mol. The number of aromatic nitrogens is 2. The van der Waals surface area contributed by atoms with Crippen molar-refractivity contribution in [2.24, 2.45) is 0 Å². The Bertz CT molecular complexity index is 768. The minimum atomic E-state index is -0.179. The van der Waals surface area contributed by atoms with Crippen LogP contribution in [0.3, 0.4) is 0 Å². The van der Waals surface area contributed by atoms with Crippen molar-refractivity contribution < 1.29 is 9.53 Å². The van der Waals surface area contributed by atoms with Crippen molar-refractivity contribution in [2.75, 3.05) is 6.61 Å². The quantitative estimate of drug-likeness (QED) is 0.931. The first-order valence-corrected chi connectivity index (χ1v) is 9.31. The molecule has 4 rings (SSSR count). The van der Waals surface area contributed by atoms with Crippen LogP contribution in [0.25, 0.3) is 0 Å². The molecule has 0 radical (unpaired) electrons. The molecule has 2 aromatic rings. The molecule has 2 heterocycles. The van der Waals surface area contributed by atoms with Gasteiger partial charge in [-0.15, -0.1) is 0 Å². The number of ether oxygens (including phenoxy) is 1. The van der Waals surface area contributed by atoms with Crippen LogP contribution in [0.5, 0.6) is 0 Å². The molecule has 1 saturated heterocycles. The first-order chi connectivity index (χ1) is 12.3. The van der Waals surface area contributed by atoms with Gasteiger partial charge in [0.2, 0.25) is 0 Å². The highest BCUT2D eigenvalue weighted by molar-refractivity contribution is 5.94. The van der Waals surface area contributed by atoms with Gasteiger partial charge in [0.15, 0.2) is 0 Å². The number of fused-ring (bicyclic) bond motifs is 1. The van der Waals surface area contributed by atoms with Gasteiger partial charge in [0.1, 0.15) is 11.9 Å². The van der Waals surface area contributed by atoms with Crippen molar-refractivity contribution in [3.8, 4) is 0 Å². The van der Waals surface area contributed by atoms with Crippen LogP contribution in [0, 0.1) is 0 Å². The molecule has 0 bridgehead atoms. The van der Waals surface area contributed by atoms with Gasteiger partial charge in [-0.3, -0.25) is 4.79 Å². The number of imidazole rings is 1. The zero-order valence-electron chi connectivity index (χ0n) is 14.7. The Morgan fingerprint density at radius 2 is 2.20 bits per heavy atom. The number of rotatable bonds is 4. The van der Waals surface area contributed by atoms with E-state index < -0.39 is 0 Å². The minimum absolute atomic E-state index is 0.00944. The number of amides is 1. The Morgan fingerprint density at radius 3 is 3.08 bits per heavy atom. The number of aryl methyl sites for hydroxylation is 3. The summed E-state index contributed by atoms with van der Waals surface area (Å²) in [4.78, 5) is 17.3. The average Bonchev–Trinajstić information content (AvgIpc) is 3.30. The molecule has 132 valence electrons. The van der Waals surface area contributed by atoms with E-state index in [0.717, 1.165) is 43.6 Å². The third-order valence-electron chi connectivity index (χ3n) is 5.34. The molecule has 25 heavy (non-hydrogen) atoms. The molecule has 1 fully saturated rings. The molecule has 5 heteroatoms. The molecular weight excluding hydrogens is 314 g/mol. The Balaban J connectivity index is 1.52. The topological polar surface area (TPSA) is 56.1 Å². The smallest absolute Gasteiger partial charge is 0.251 e. The fourth-order valence-corrected chi connectivity index (χ4v) is 3.99. The van der Waals surface area contributed by atoms with Gasteiger partial charge in [-0.25, -0.2) is 4.98 Å². The summed E-state index contributed by atoms with van der Waals surface area (Å²) >= 11 is 0. The van der Waals surface area contributed by atoms with Crippen LogP contribution < -0.4 is 5.32 Å². The molecule has 2 atom stereocenters. The summed E-state index contributed by atoms with van der Waals surface area (Å²) < 4.78 is 8.08. The summed E-state index contributed by atoms with van der Waals surface area (Å²) in [5.41, 5.74) is 3.47. The number of hydrogen-bond donors (Lipinski definition) is 1. The molecule has 1 amide bonds. The second kappa shape index (κ2) is 7.00. The third kappa shape index (κ3) is 3.21. The van der Waals surface area contributed by atoms with E-state index in [1.54, 1.807) is 6.20 Å². The van der Waals surface area contributed by atoms with Crippen molar-refractivity contribution in [3.05, 3.63) is 53.1 Å². The summed E-state index contributed by atoms with van der Waals surface area (Å²) in [6.45, 7) is 3.65. The third-order valence-corrected chi connectivity index (χ3v) is 5.34. The number of nitrogens with zero attached hydrogens (tertiary/aromatic N) is 2. The van der Waals surface area contributed by atoms with Gasteiger partial charge in [-0.1, -0.05) is 6.07 Å². The maximum Gasteiger partial charge on any atom is 0.251 e. The van der Waals surface area contributed by atoms with Crippen LogP contribution in [0.1, 0.15) is 59.6 Å². The summed E-state index contributed by atoms with van der Waals surface area (Å²) in [5.74, 6) is 0.895. The van der Waals surface area contributed by atoms with E-state index in [9.17, 15) is 4.79 Å². The standard InChI is InChI=1S/C20H25N3O2/c1-2-23-11-10-21-19(23)18-17(7-4-12-25-18)22-20(24)16-9-8-14-5-3-6-15(14)13-16/h8-11,13,17-18H,2-7,12H2,1H3,(H,22,24)/t17-,18-/m0/s1. The van der Waals surface area contributed by atoms with Gasteiger partial charge >= 0.3 is 0 Å². The average molecular weight is 339 g/mol. The molecule has 1 N–H and O–H groups in total. The highest BCUT2D eigenvalue weighted by atomic mass is 16.5. The Morgan fingerprint density at radius 1 is 1.32 bits per heavy atom. The van der Waals surface area contributed by atoms with Gasteiger partial charge in [0.25, 0.3) is 5.91 Å². The SMILES string of the molecule is CCn1ccnc1[C@H]1OCCC[C@@H]1NC(=O)c1ccc2c(c1)CCC2. The number of hydrogen-bond acceptors (Lipinski definition) is 3. The van der Waals surface area contributed by atoms with Crippen molar-refractivity contribution in [1.29, 1.82) is 0 Å². The highest BCUT2D eigenvalue weighted by Gasteiger charge is 2.32. The molecule has 2 aliphatic rings. The normalized spacial score (nSPS) is 22.6. The lowest BCUT2D eigenvalue weighted by Gasteiger charge is -2.32. The van der Waals surface area contributed by atoms with Crippen LogP contribution in [0.4, 0.5) is 0 Å². The van der Waals surface area contributed by atoms with Gasteiger partial charge in [-0.2, -0.15) is 0 Å². The van der Waals surface area contributed by atoms with E-state index in [1.807, 2.05) is 12.3 Å².